The van der Waals surface area contributed by atoms with Gasteiger partial charge in [-0.25, -0.2) is 0 Å². The van der Waals surface area contributed by atoms with Crippen molar-refractivity contribution in [3.63, 3.8) is 0 Å². The molecule has 0 radical (unpaired) electrons. The zero-order chi connectivity index (χ0) is 15.0. The third-order valence-corrected chi connectivity index (χ3v) is 3.74. The Balaban J connectivity index is 1.86. The largest absolute Gasteiger partial charge is 0.454 e. The monoisotopic (exact) mass is 294 g/mol. The summed E-state index contributed by atoms with van der Waals surface area (Å²) in [5.74, 6) is 0.953. The Bertz CT molecular complexity index is 573. The van der Waals surface area contributed by atoms with Crippen molar-refractivity contribution in [2.75, 3.05) is 18.7 Å². The molecule has 1 aromatic carbocycles. The second-order valence-corrected chi connectivity index (χ2v) is 5.92. The molecule has 1 N–H and O–H groups in total. The highest BCUT2D eigenvalue weighted by molar-refractivity contribution is 5.69. The second-order valence-electron chi connectivity index (χ2n) is 5.92. The molecular weight excluding hydrogens is 276 g/mol. The van der Waals surface area contributed by atoms with E-state index in [9.17, 15) is 10.1 Å². The quantitative estimate of drug-likeness (QED) is 0.681. The molecule has 0 aliphatic carbocycles. The molecule has 21 heavy (non-hydrogen) atoms. The van der Waals surface area contributed by atoms with Crippen molar-refractivity contribution in [2.45, 2.75) is 38.3 Å². The van der Waals surface area contributed by atoms with Gasteiger partial charge in [0.05, 0.1) is 16.6 Å². The Morgan fingerprint density at radius 2 is 2.05 bits per heavy atom. The van der Waals surface area contributed by atoms with Crippen molar-refractivity contribution in [2.24, 2.45) is 0 Å². The fourth-order valence-electron chi connectivity index (χ4n) is 2.77. The van der Waals surface area contributed by atoms with Gasteiger partial charge in [-0.15, -0.1) is 0 Å². The third-order valence-electron chi connectivity index (χ3n) is 3.74. The van der Waals surface area contributed by atoms with E-state index in [1.165, 1.54) is 6.07 Å². The lowest BCUT2D eigenvalue weighted by molar-refractivity contribution is -0.384. The van der Waals surface area contributed by atoms with Gasteiger partial charge < -0.3 is 19.5 Å². The van der Waals surface area contributed by atoms with Gasteiger partial charge in [-0.3, -0.25) is 10.1 Å². The first kappa shape index (κ1) is 13.9. The number of nitro benzene ring substituents is 1. The van der Waals surface area contributed by atoms with Crippen LogP contribution in [0.4, 0.5) is 11.4 Å². The molecule has 1 aromatic rings. The molecule has 0 spiro atoms. The number of benzene rings is 1. The fraction of sp³-hybridized carbons (Fsp3) is 0.571. The zero-order valence-electron chi connectivity index (χ0n) is 12.0. The van der Waals surface area contributed by atoms with Gasteiger partial charge in [0.1, 0.15) is 5.69 Å². The maximum atomic E-state index is 11.2. The molecular formula is C14H18N2O5. The van der Waals surface area contributed by atoms with Gasteiger partial charge in [0.15, 0.2) is 11.5 Å². The van der Waals surface area contributed by atoms with E-state index in [0.29, 0.717) is 23.8 Å². The Morgan fingerprint density at radius 1 is 1.33 bits per heavy atom. The van der Waals surface area contributed by atoms with Crippen LogP contribution in [0.2, 0.25) is 0 Å². The molecule has 3 rings (SSSR count). The van der Waals surface area contributed by atoms with Crippen molar-refractivity contribution in [1.82, 2.24) is 0 Å². The number of ether oxygens (including phenoxy) is 3. The highest BCUT2D eigenvalue weighted by Crippen LogP contribution is 2.41. The van der Waals surface area contributed by atoms with Crippen LogP contribution in [0.1, 0.15) is 26.7 Å². The van der Waals surface area contributed by atoms with Gasteiger partial charge in [-0.2, -0.15) is 0 Å². The maximum Gasteiger partial charge on any atom is 0.296 e. The number of hydrogen-bond donors (Lipinski definition) is 1. The molecule has 0 saturated carbocycles. The van der Waals surface area contributed by atoms with Gasteiger partial charge in [0.25, 0.3) is 5.69 Å². The Kier molecular flexibility index (Phi) is 3.36. The number of hydrogen-bond acceptors (Lipinski definition) is 6. The molecule has 1 fully saturated rings. The molecule has 2 heterocycles. The smallest absolute Gasteiger partial charge is 0.296 e. The lowest BCUT2D eigenvalue weighted by atomic mass is 9.93. The van der Waals surface area contributed by atoms with Crippen LogP contribution in [0.5, 0.6) is 11.5 Å². The topological polar surface area (TPSA) is 82.9 Å². The van der Waals surface area contributed by atoms with Crippen LogP contribution in [-0.2, 0) is 4.74 Å². The minimum absolute atomic E-state index is 0.00329. The van der Waals surface area contributed by atoms with Gasteiger partial charge in [-0.05, 0) is 26.7 Å². The van der Waals surface area contributed by atoms with E-state index in [0.717, 1.165) is 12.8 Å². The summed E-state index contributed by atoms with van der Waals surface area (Å²) in [6.07, 6.45) is 1.60. The normalized spacial score (nSPS) is 22.9. The molecule has 7 nitrogen and oxygen atoms in total. The van der Waals surface area contributed by atoms with Gasteiger partial charge >= 0.3 is 0 Å². The summed E-state index contributed by atoms with van der Waals surface area (Å²) in [6.45, 7) is 4.78. The van der Waals surface area contributed by atoms with Crippen molar-refractivity contribution < 1.29 is 19.1 Å². The zero-order valence-corrected chi connectivity index (χ0v) is 12.0. The van der Waals surface area contributed by atoms with E-state index in [4.69, 9.17) is 14.2 Å². The highest BCUT2D eigenvalue weighted by atomic mass is 16.7. The third kappa shape index (κ3) is 2.87. The summed E-state index contributed by atoms with van der Waals surface area (Å²) in [4.78, 5) is 10.8. The standard InChI is InChI=1S/C14H18N2O5/c1-14(2)7-9(3-4-21-14)15-10-5-12-13(20-8-19-12)6-11(10)16(17)18/h5-6,9,15H,3-4,7-8H2,1-2H3. The summed E-state index contributed by atoms with van der Waals surface area (Å²) < 4.78 is 16.2. The predicted octanol–water partition coefficient (Wildman–Crippen LogP) is 2.69. The fourth-order valence-corrected chi connectivity index (χ4v) is 2.77. The van der Waals surface area contributed by atoms with E-state index in [1.807, 2.05) is 13.8 Å². The minimum Gasteiger partial charge on any atom is -0.454 e. The molecule has 7 heteroatoms. The number of rotatable bonds is 3. The van der Waals surface area contributed by atoms with E-state index in [-0.39, 0.29) is 24.1 Å². The average molecular weight is 294 g/mol. The number of nitrogens with one attached hydrogen (secondary N) is 1. The molecule has 0 bridgehead atoms. The van der Waals surface area contributed by atoms with Crippen LogP contribution >= 0.6 is 0 Å². The molecule has 1 unspecified atom stereocenters. The number of fused-ring (bicyclic) bond motifs is 1. The number of nitrogens with zero attached hydrogens (tertiary/aromatic N) is 1. The molecule has 2 aliphatic rings. The minimum atomic E-state index is -0.408. The van der Waals surface area contributed by atoms with Crippen molar-refractivity contribution >= 4 is 11.4 Å². The molecule has 0 amide bonds. The summed E-state index contributed by atoms with van der Waals surface area (Å²) in [6, 6.07) is 3.19. The Morgan fingerprint density at radius 3 is 2.71 bits per heavy atom. The lowest BCUT2D eigenvalue weighted by Gasteiger charge is -2.36. The van der Waals surface area contributed by atoms with Gasteiger partial charge in [0.2, 0.25) is 6.79 Å². The first-order chi connectivity index (χ1) is 9.94. The molecule has 114 valence electrons. The summed E-state index contributed by atoms with van der Waals surface area (Å²) >= 11 is 0. The van der Waals surface area contributed by atoms with E-state index in [2.05, 4.69) is 5.32 Å². The van der Waals surface area contributed by atoms with E-state index < -0.39 is 4.92 Å². The van der Waals surface area contributed by atoms with Crippen LogP contribution in [0.15, 0.2) is 12.1 Å². The first-order valence-electron chi connectivity index (χ1n) is 6.93. The Hall–Kier alpha value is -2.02. The summed E-state index contributed by atoms with van der Waals surface area (Å²) in [5, 5.41) is 14.5. The number of anilines is 1. The number of nitro groups is 1. The van der Waals surface area contributed by atoms with Gasteiger partial charge in [-0.1, -0.05) is 0 Å². The lowest BCUT2D eigenvalue weighted by Crippen LogP contribution is -2.40. The van der Waals surface area contributed by atoms with Gasteiger partial charge in [0, 0.05) is 18.7 Å². The molecule has 1 atom stereocenters. The molecule has 1 saturated heterocycles. The molecule has 0 aromatic heterocycles. The second kappa shape index (κ2) is 5.07. The van der Waals surface area contributed by atoms with E-state index in [1.54, 1.807) is 6.07 Å². The van der Waals surface area contributed by atoms with Crippen LogP contribution in [-0.4, -0.2) is 30.0 Å². The summed E-state index contributed by atoms with van der Waals surface area (Å²) in [5.41, 5.74) is 0.247. The maximum absolute atomic E-state index is 11.2. The summed E-state index contributed by atoms with van der Waals surface area (Å²) in [7, 11) is 0. The van der Waals surface area contributed by atoms with Crippen molar-refractivity contribution in [3.05, 3.63) is 22.2 Å². The van der Waals surface area contributed by atoms with Crippen LogP contribution in [0, 0.1) is 10.1 Å². The average Bonchev–Trinajstić information content (AvgIpc) is 2.83. The van der Waals surface area contributed by atoms with Crippen LogP contribution < -0.4 is 14.8 Å². The van der Waals surface area contributed by atoms with Crippen LogP contribution in [0.25, 0.3) is 0 Å². The van der Waals surface area contributed by atoms with Crippen molar-refractivity contribution in [3.8, 4) is 11.5 Å². The predicted molar refractivity (Wildman–Crippen MR) is 75.9 cm³/mol. The molecule has 2 aliphatic heterocycles. The van der Waals surface area contributed by atoms with Crippen LogP contribution in [0.3, 0.4) is 0 Å². The highest BCUT2D eigenvalue weighted by Gasteiger charge is 2.31. The first-order valence-corrected chi connectivity index (χ1v) is 6.93. The van der Waals surface area contributed by atoms with Crippen molar-refractivity contribution in [1.29, 1.82) is 0 Å². The van der Waals surface area contributed by atoms with E-state index >= 15 is 0 Å². The SMILES string of the molecule is CC1(C)CC(Nc2cc3c(cc2[N+](=O)[O-])OCO3)CCO1. The Labute approximate surface area is 122 Å².